The second-order valence-corrected chi connectivity index (χ2v) is 11.8. The van der Waals surface area contributed by atoms with Crippen LogP contribution in [0.2, 0.25) is 0 Å². The topological polar surface area (TPSA) is 318 Å². The molecule has 0 radical (unpaired) electrons. The van der Waals surface area contributed by atoms with E-state index in [-0.39, 0.29) is 68.5 Å². The molecule has 4 unspecified atom stereocenters. The Labute approximate surface area is 341 Å². The summed E-state index contributed by atoms with van der Waals surface area (Å²) in [5.74, 6) is -2.07. The molecule has 0 saturated carbocycles. The summed E-state index contributed by atoms with van der Waals surface area (Å²) in [6.07, 6.45) is -7.06. The molecule has 318 valence electrons. The number of carboxylic acids is 1. The fourth-order valence-electron chi connectivity index (χ4n) is 4.65. The van der Waals surface area contributed by atoms with E-state index in [1.54, 1.807) is 13.8 Å². The number of methoxy groups -OCH3 is 2. The van der Waals surface area contributed by atoms with Crippen LogP contribution in [-0.4, -0.2) is 206 Å². The molecule has 2 saturated heterocycles. The molecule has 2 fully saturated rings. The third kappa shape index (κ3) is 24.8. The molecular weight excluding hydrogens is 735 g/mol. The van der Waals surface area contributed by atoms with Gasteiger partial charge in [0.25, 0.3) is 0 Å². The summed E-state index contributed by atoms with van der Waals surface area (Å²) in [4.78, 5) is 22.0. The summed E-state index contributed by atoms with van der Waals surface area (Å²) in [5.41, 5.74) is 15.7. The first-order chi connectivity index (χ1) is 25.4. The molecule has 54 heavy (non-hydrogen) atoms. The molecule has 2 rings (SSSR count). The zero-order chi connectivity index (χ0) is 40.0. The molecule has 0 bridgehead atoms. The Bertz CT molecular complexity index is 903. The van der Waals surface area contributed by atoms with Gasteiger partial charge in [0.05, 0.1) is 90.5 Å². The number of nitrogens with one attached hydrogen (secondary N) is 1. The maximum Gasteiger partial charge on any atom is 1.00 e. The van der Waals surface area contributed by atoms with Crippen molar-refractivity contribution in [2.24, 2.45) is 29.0 Å². The molecule has 0 aromatic rings. The minimum atomic E-state index is -1.12. The van der Waals surface area contributed by atoms with Crippen molar-refractivity contribution in [3.63, 3.8) is 0 Å². The van der Waals surface area contributed by atoms with Gasteiger partial charge in [0, 0.05) is 52.2 Å². The first kappa shape index (κ1) is 55.4. The first-order valence-corrected chi connectivity index (χ1v) is 17.5. The molecule has 2 heterocycles. The first-order valence-electron chi connectivity index (χ1n) is 17.5. The number of aliphatic hydroxyl groups is 4. The van der Waals surface area contributed by atoms with E-state index in [1.807, 2.05) is 0 Å². The van der Waals surface area contributed by atoms with E-state index in [9.17, 15) is 30.0 Å². The van der Waals surface area contributed by atoms with Crippen LogP contribution >= 0.6 is 0 Å². The van der Waals surface area contributed by atoms with Gasteiger partial charge < -0.3 is 96.8 Å². The quantitative estimate of drug-likeness (QED) is 0.0306. The van der Waals surface area contributed by atoms with Crippen molar-refractivity contribution in [1.82, 2.24) is 5.32 Å². The monoisotopic (exact) mass is 802 g/mol. The van der Waals surface area contributed by atoms with E-state index in [0.717, 1.165) is 0 Å². The average Bonchev–Trinajstić information content (AvgIpc) is 3.14. The van der Waals surface area contributed by atoms with Gasteiger partial charge in [-0.25, -0.2) is 4.79 Å². The Balaban J connectivity index is -0.000000803. The number of ether oxygens (including phenoxy) is 10. The summed E-state index contributed by atoms with van der Waals surface area (Å²) >= 11 is 0. The van der Waals surface area contributed by atoms with Crippen LogP contribution in [0.1, 0.15) is 15.3 Å². The van der Waals surface area contributed by atoms with E-state index in [1.165, 1.54) is 14.2 Å². The standard InChI is InChI=1S/C16H32N2O8.C10H18O7.C6H16N2O2.Na.H/c1-11-12(26-16(22-2)15(21)14(11)20)9-25-10-13(19)18-4-6-24-8-7-23-5-3-17;1-5-6(3-16-4-7(11)12)17-10(15-2)9(14)8(5)13;7-1-3-9-5-6-10-4-2-8;;/h11-12,14-16,20-21H,3-10,17H2,1-2H3,(H,18,19);5-6,8-10,13-14H,3-4H2,1-2H3,(H,11,12);1-8H2;;/q;;;+1;-1/t11-,12?,14+,15?,16-;5-,6?,8+,9?,10-;;;/m11.../s1. The summed E-state index contributed by atoms with van der Waals surface area (Å²) in [7, 11) is 2.74. The Morgan fingerprint density at radius 3 is 1.33 bits per heavy atom. The van der Waals surface area contributed by atoms with Crippen LogP contribution in [0, 0.1) is 11.8 Å². The molecule has 0 aromatic carbocycles. The van der Waals surface area contributed by atoms with Gasteiger partial charge in [0.2, 0.25) is 5.91 Å². The number of nitrogens with two attached hydrogens (primary N) is 3. The smallest absolute Gasteiger partial charge is 1.00 e. The van der Waals surface area contributed by atoms with Crippen LogP contribution in [0.5, 0.6) is 0 Å². The SMILES string of the molecule is CO[C@@H]1OC(COCC(=O)NCCOCCOCCN)[C@@H](C)[C@H](O)C1O.CO[C@@H]1OC(COCC(=O)O)[C@@H](C)[C@H](O)C1O.NCCOCCOCCN.[H-].[Na+]. The third-order valence-corrected chi connectivity index (χ3v) is 7.71. The molecule has 0 aromatic heterocycles. The van der Waals surface area contributed by atoms with Gasteiger partial charge in [-0.15, -0.1) is 0 Å². The van der Waals surface area contributed by atoms with E-state index in [4.69, 9.17) is 69.7 Å². The number of amides is 1. The zero-order valence-corrected chi connectivity index (χ0v) is 34.5. The molecule has 10 atom stereocenters. The number of hydrogen-bond acceptors (Lipinski definition) is 19. The van der Waals surface area contributed by atoms with Crippen molar-refractivity contribution in [3.8, 4) is 0 Å². The van der Waals surface area contributed by atoms with Crippen molar-refractivity contribution in [2.45, 2.75) is 63.1 Å². The maximum absolute atomic E-state index is 11.7. The number of rotatable bonds is 25. The van der Waals surface area contributed by atoms with E-state index < -0.39 is 61.8 Å². The normalized spacial score (nSPS) is 27.8. The Hall–Kier alpha value is -0.740. The summed E-state index contributed by atoms with van der Waals surface area (Å²) < 4.78 is 51.5. The third-order valence-electron chi connectivity index (χ3n) is 7.71. The molecular formula is C32H67N4NaO17. The Morgan fingerprint density at radius 1 is 0.611 bits per heavy atom. The van der Waals surface area contributed by atoms with Crippen LogP contribution in [0.4, 0.5) is 0 Å². The summed E-state index contributed by atoms with van der Waals surface area (Å²) in [6.45, 7) is 9.18. The van der Waals surface area contributed by atoms with Crippen molar-refractivity contribution in [2.75, 3.05) is 120 Å². The second kappa shape index (κ2) is 35.4. The molecule has 0 aliphatic carbocycles. The fourth-order valence-corrected chi connectivity index (χ4v) is 4.65. The predicted octanol–water partition coefficient (Wildman–Crippen LogP) is -7.29. The molecule has 12 N–H and O–H groups in total. The Kier molecular flexibility index (Phi) is 36.3. The van der Waals surface area contributed by atoms with E-state index in [2.05, 4.69) is 5.32 Å². The minimum absolute atomic E-state index is 0. The molecule has 0 spiro atoms. The molecule has 21 nitrogen and oxygen atoms in total. The number of hydrogen-bond donors (Lipinski definition) is 9. The molecule has 1 amide bonds. The zero-order valence-electron chi connectivity index (χ0n) is 33.5. The van der Waals surface area contributed by atoms with Crippen LogP contribution in [0.25, 0.3) is 0 Å². The molecule has 2 aliphatic heterocycles. The summed E-state index contributed by atoms with van der Waals surface area (Å²) in [5, 5.41) is 50.2. The maximum atomic E-state index is 11.7. The predicted molar refractivity (Wildman–Crippen MR) is 188 cm³/mol. The van der Waals surface area contributed by atoms with Gasteiger partial charge in [0.1, 0.15) is 25.4 Å². The number of carbonyl (C=O) groups is 2. The minimum Gasteiger partial charge on any atom is -1.00 e. The van der Waals surface area contributed by atoms with Crippen molar-refractivity contribution >= 4 is 11.9 Å². The van der Waals surface area contributed by atoms with Crippen LogP contribution in [0.15, 0.2) is 0 Å². The van der Waals surface area contributed by atoms with Gasteiger partial charge >= 0.3 is 35.5 Å². The number of carbonyl (C=O) groups excluding carboxylic acids is 1. The average molecular weight is 803 g/mol. The van der Waals surface area contributed by atoms with Crippen molar-refractivity contribution < 1.29 is 113 Å². The van der Waals surface area contributed by atoms with Crippen LogP contribution in [-0.2, 0) is 57.0 Å². The Morgan fingerprint density at radius 2 is 0.981 bits per heavy atom. The second-order valence-electron chi connectivity index (χ2n) is 11.8. The number of aliphatic carboxylic acids is 1. The number of aliphatic hydroxyl groups excluding tert-OH is 4. The van der Waals surface area contributed by atoms with Crippen molar-refractivity contribution in [3.05, 3.63) is 0 Å². The fraction of sp³-hybridized carbons (Fsp3) is 0.938. The van der Waals surface area contributed by atoms with Crippen LogP contribution < -0.4 is 52.1 Å². The van der Waals surface area contributed by atoms with Gasteiger partial charge in [-0.2, -0.15) is 0 Å². The van der Waals surface area contributed by atoms with Crippen molar-refractivity contribution in [1.29, 1.82) is 0 Å². The molecule has 22 heteroatoms. The van der Waals surface area contributed by atoms with Gasteiger partial charge in [-0.3, -0.25) is 4.79 Å². The molecule has 2 aliphatic rings. The number of carboxylic acid groups (broad SMARTS) is 1. The van der Waals surface area contributed by atoms with Gasteiger partial charge in [-0.05, 0) is 0 Å². The summed E-state index contributed by atoms with van der Waals surface area (Å²) in [6, 6.07) is 0. The van der Waals surface area contributed by atoms with E-state index >= 15 is 0 Å². The van der Waals surface area contributed by atoms with E-state index in [0.29, 0.717) is 79.0 Å². The van der Waals surface area contributed by atoms with Gasteiger partial charge in [-0.1, -0.05) is 13.8 Å². The largest absolute Gasteiger partial charge is 1.00 e. The van der Waals surface area contributed by atoms with Gasteiger partial charge in [0.15, 0.2) is 12.6 Å². The van der Waals surface area contributed by atoms with Crippen LogP contribution in [0.3, 0.4) is 0 Å².